The van der Waals surface area contributed by atoms with Crippen molar-refractivity contribution >= 4 is 0 Å². The number of likely N-dealkylation sites (tertiary alicyclic amines) is 1. The molecule has 3 aromatic rings. The molecule has 0 N–H and O–H groups in total. The molecule has 1 aromatic carbocycles. The maximum atomic E-state index is 13.4. The van der Waals surface area contributed by atoms with Crippen molar-refractivity contribution < 1.29 is 4.39 Å². The van der Waals surface area contributed by atoms with Crippen LogP contribution in [0.2, 0.25) is 0 Å². The fraction of sp³-hybridized carbons (Fsp3) is 0.304. The van der Waals surface area contributed by atoms with Crippen molar-refractivity contribution in [2.75, 3.05) is 6.54 Å². The number of hydrogen-bond acceptors (Lipinski definition) is 3. The summed E-state index contributed by atoms with van der Waals surface area (Å²) in [4.78, 5) is 11.4. The average molecular weight is 361 g/mol. The Balaban J connectivity index is 1.47. The second-order valence-electron chi connectivity index (χ2n) is 7.23. The molecule has 4 rings (SSSR count). The molecule has 1 atom stereocenters. The van der Waals surface area contributed by atoms with Crippen LogP contribution < -0.4 is 0 Å². The van der Waals surface area contributed by atoms with E-state index in [0.29, 0.717) is 12.5 Å². The number of halogens is 1. The molecule has 0 saturated carbocycles. The van der Waals surface area contributed by atoms with Crippen molar-refractivity contribution in [3.05, 3.63) is 95.3 Å². The monoisotopic (exact) mass is 361 g/mol. The minimum Gasteiger partial charge on any atom is -0.292 e. The third-order valence-corrected chi connectivity index (χ3v) is 5.23. The summed E-state index contributed by atoms with van der Waals surface area (Å²) < 4.78 is 13.4. The SMILES string of the molecule is Fc1cccc(Cc2ccc([C@@H]3CCCCN3Cc3cccnc3)cn2)c1. The zero-order valence-corrected chi connectivity index (χ0v) is 15.4. The fourth-order valence-electron chi connectivity index (χ4n) is 3.88. The molecule has 1 aliphatic heterocycles. The highest BCUT2D eigenvalue weighted by atomic mass is 19.1. The summed E-state index contributed by atoms with van der Waals surface area (Å²) in [6, 6.07) is 15.5. The maximum Gasteiger partial charge on any atom is 0.123 e. The van der Waals surface area contributed by atoms with E-state index < -0.39 is 0 Å². The van der Waals surface area contributed by atoms with Gasteiger partial charge in [-0.3, -0.25) is 14.9 Å². The van der Waals surface area contributed by atoms with Crippen LogP contribution in [0.15, 0.2) is 67.1 Å². The molecule has 27 heavy (non-hydrogen) atoms. The lowest BCUT2D eigenvalue weighted by molar-refractivity contribution is 0.140. The Morgan fingerprint density at radius 3 is 2.70 bits per heavy atom. The quantitative estimate of drug-likeness (QED) is 0.645. The first-order chi connectivity index (χ1) is 13.3. The molecule has 1 fully saturated rings. The third-order valence-electron chi connectivity index (χ3n) is 5.23. The van der Waals surface area contributed by atoms with E-state index in [1.807, 2.05) is 30.7 Å². The molecule has 0 amide bonds. The highest BCUT2D eigenvalue weighted by Gasteiger charge is 2.24. The Kier molecular flexibility index (Phi) is 5.54. The van der Waals surface area contributed by atoms with Gasteiger partial charge in [-0.15, -0.1) is 0 Å². The highest BCUT2D eigenvalue weighted by molar-refractivity contribution is 5.25. The van der Waals surface area contributed by atoms with E-state index in [4.69, 9.17) is 0 Å². The van der Waals surface area contributed by atoms with Gasteiger partial charge in [-0.25, -0.2) is 4.39 Å². The lowest BCUT2D eigenvalue weighted by Crippen LogP contribution is -2.33. The van der Waals surface area contributed by atoms with Gasteiger partial charge >= 0.3 is 0 Å². The predicted molar refractivity (Wildman–Crippen MR) is 105 cm³/mol. The minimum absolute atomic E-state index is 0.197. The van der Waals surface area contributed by atoms with Crippen LogP contribution >= 0.6 is 0 Å². The summed E-state index contributed by atoms with van der Waals surface area (Å²) in [6.45, 7) is 2.02. The van der Waals surface area contributed by atoms with Crippen molar-refractivity contribution in [1.29, 1.82) is 0 Å². The van der Waals surface area contributed by atoms with Crippen LogP contribution in [0.3, 0.4) is 0 Å². The predicted octanol–water partition coefficient (Wildman–Crippen LogP) is 4.93. The molecule has 0 unspecified atom stereocenters. The normalized spacial score (nSPS) is 17.7. The average Bonchev–Trinajstić information content (AvgIpc) is 2.70. The minimum atomic E-state index is -0.197. The smallest absolute Gasteiger partial charge is 0.123 e. The van der Waals surface area contributed by atoms with Gasteiger partial charge in [0, 0.05) is 43.3 Å². The Labute approximate surface area is 159 Å². The molecule has 3 nitrogen and oxygen atoms in total. The van der Waals surface area contributed by atoms with Gasteiger partial charge in [-0.2, -0.15) is 0 Å². The molecule has 0 radical (unpaired) electrons. The van der Waals surface area contributed by atoms with E-state index in [1.54, 1.807) is 12.1 Å². The molecule has 0 spiro atoms. The van der Waals surface area contributed by atoms with Crippen LogP contribution in [-0.4, -0.2) is 21.4 Å². The zero-order valence-electron chi connectivity index (χ0n) is 15.4. The van der Waals surface area contributed by atoms with Crippen molar-refractivity contribution in [3.63, 3.8) is 0 Å². The number of nitrogens with zero attached hydrogens (tertiary/aromatic N) is 3. The van der Waals surface area contributed by atoms with E-state index in [9.17, 15) is 4.39 Å². The van der Waals surface area contributed by atoms with Crippen LogP contribution in [-0.2, 0) is 13.0 Å². The fourth-order valence-corrected chi connectivity index (χ4v) is 3.88. The van der Waals surface area contributed by atoms with Gasteiger partial charge in [-0.1, -0.05) is 30.7 Å². The van der Waals surface area contributed by atoms with Crippen molar-refractivity contribution in [2.24, 2.45) is 0 Å². The van der Waals surface area contributed by atoms with E-state index >= 15 is 0 Å². The number of benzene rings is 1. The van der Waals surface area contributed by atoms with E-state index in [-0.39, 0.29) is 5.82 Å². The van der Waals surface area contributed by atoms with E-state index in [2.05, 4.69) is 33.1 Å². The molecule has 4 heteroatoms. The van der Waals surface area contributed by atoms with E-state index in [1.165, 1.54) is 30.0 Å². The van der Waals surface area contributed by atoms with Crippen LogP contribution in [0.4, 0.5) is 4.39 Å². The lowest BCUT2D eigenvalue weighted by atomic mass is 9.95. The van der Waals surface area contributed by atoms with Gasteiger partial charge in [0.2, 0.25) is 0 Å². The third kappa shape index (κ3) is 4.58. The summed E-state index contributed by atoms with van der Waals surface area (Å²) in [5.41, 5.74) is 4.44. The Morgan fingerprint density at radius 1 is 1.00 bits per heavy atom. The topological polar surface area (TPSA) is 29.0 Å². The molecule has 1 aliphatic rings. The molecule has 0 bridgehead atoms. The Bertz CT molecular complexity index is 864. The number of aromatic nitrogens is 2. The molecule has 138 valence electrons. The molecule has 3 heterocycles. The van der Waals surface area contributed by atoms with Crippen molar-refractivity contribution in [3.8, 4) is 0 Å². The largest absolute Gasteiger partial charge is 0.292 e. The molecule has 0 aliphatic carbocycles. The summed E-state index contributed by atoms with van der Waals surface area (Å²) in [7, 11) is 0. The molecular weight excluding hydrogens is 337 g/mol. The van der Waals surface area contributed by atoms with Crippen LogP contribution in [0.1, 0.15) is 47.7 Å². The van der Waals surface area contributed by atoms with Crippen molar-refractivity contribution in [1.82, 2.24) is 14.9 Å². The molecular formula is C23H24FN3. The van der Waals surface area contributed by atoms with Gasteiger partial charge in [0.05, 0.1) is 0 Å². The van der Waals surface area contributed by atoms with Gasteiger partial charge in [-0.05, 0) is 60.3 Å². The standard InChI is InChI=1S/C23H24FN3/c24-21-7-3-5-18(13-21)14-22-10-9-20(16-26-22)23-8-1-2-12-27(23)17-19-6-4-11-25-15-19/h3-7,9-11,13,15-16,23H,1-2,8,12,14,17H2/t23-/m0/s1. The summed E-state index contributed by atoms with van der Waals surface area (Å²) in [6.07, 6.45) is 10.1. The molecule has 2 aromatic heterocycles. The van der Waals surface area contributed by atoms with Gasteiger partial charge in [0.15, 0.2) is 0 Å². The Morgan fingerprint density at radius 2 is 1.93 bits per heavy atom. The second kappa shape index (κ2) is 8.40. The van der Waals surface area contributed by atoms with Crippen LogP contribution in [0, 0.1) is 5.82 Å². The summed E-state index contributed by atoms with van der Waals surface area (Å²) in [5, 5.41) is 0. The lowest BCUT2D eigenvalue weighted by Gasteiger charge is -2.36. The van der Waals surface area contributed by atoms with Gasteiger partial charge in [0.1, 0.15) is 5.82 Å². The van der Waals surface area contributed by atoms with Gasteiger partial charge < -0.3 is 0 Å². The maximum absolute atomic E-state index is 13.4. The second-order valence-corrected chi connectivity index (χ2v) is 7.23. The Hall–Kier alpha value is -2.59. The molecule has 1 saturated heterocycles. The first-order valence-electron chi connectivity index (χ1n) is 9.60. The highest BCUT2D eigenvalue weighted by Crippen LogP contribution is 2.31. The number of piperidine rings is 1. The number of rotatable bonds is 5. The summed E-state index contributed by atoms with van der Waals surface area (Å²) >= 11 is 0. The van der Waals surface area contributed by atoms with Crippen LogP contribution in [0.25, 0.3) is 0 Å². The zero-order chi connectivity index (χ0) is 18.5. The van der Waals surface area contributed by atoms with Gasteiger partial charge in [0.25, 0.3) is 0 Å². The number of pyridine rings is 2. The van der Waals surface area contributed by atoms with E-state index in [0.717, 1.165) is 30.8 Å². The summed E-state index contributed by atoms with van der Waals surface area (Å²) in [5.74, 6) is -0.197. The van der Waals surface area contributed by atoms with Crippen LogP contribution in [0.5, 0.6) is 0 Å². The van der Waals surface area contributed by atoms with Crippen molar-refractivity contribution in [2.45, 2.75) is 38.3 Å². The number of hydrogen-bond donors (Lipinski definition) is 0. The first-order valence-corrected chi connectivity index (χ1v) is 9.60. The first kappa shape index (κ1) is 17.8.